The predicted molar refractivity (Wildman–Crippen MR) is 213 cm³/mol. The van der Waals surface area contributed by atoms with Gasteiger partial charge in [-0.2, -0.15) is 0 Å². The van der Waals surface area contributed by atoms with Crippen LogP contribution in [0.4, 0.5) is 0 Å². The molecular formula is C47H29N5. The maximum atomic E-state index is 5.20. The Labute approximate surface area is 300 Å². The van der Waals surface area contributed by atoms with Crippen LogP contribution in [0.5, 0.6) is 0 Å². The van der Waals surface area contributed by atoms with Crippen LogP contribution < -0.4 is 0 Å². The average Bonchev–Trinajstić information content (AvgIpc) is 3.23. The standard InChI is InChI=1S/C47H29N5/c1-2-8-30(9-3-1)40-20-18-31-12-13-32-19-21-41(52-47(32)46(31)51-40)36-17-16-34-24-37-26-35(15-14-33(37)25-38(34)27-36)39-28-44(42-10-4-6-22-48-42)50-45(29-39)43-11-5-7-23-49-43/h1-29H. The van der Waals surface area contributed by atoms with Crippen molar-refractivity contribution in [2.24, 2.45) is 0 Å². The van der Waals surface area contributed by atoms with Crippen molar-refractivity contribution in [2.45, 2.75) is 0 Å². The Bertz CT molecular complexity index is 2890. The summed E-state index contributed by atoms with van der Waals surface area (Å²) in [5.74, 6) is 0. The number of fused-ring (bicyclic) bond motifs is 5. The highest BCUT2D eigenvalue weighted by molar-refractivity contribution is 6.05. The first-order chi connectivity index (χ1) is 25.7. The third-order valence-corrected chi connectivity index (χ3v) is 9.69. The number of hydrogen-bond donors (Lipinski definition) is 0. The van der Waals surface area contributed by atoms with E-state index < -0.39 is 0 Å². The molecule has 5 aromatic carbocycles. The molecule has 5 nitrogen and oxygen atoms in total. The zero-order chi connectivity index (χ0) is 34.4. The summed E-state index contributed by atoms with van der Waals surface area (Å²) >= 11 is 0. The number of benzene rings is 5. The quantitative estimate of drug-likeness (QED) is 0.135. The van der Waals surface area contributed by atoms with E-state index in [2.05, 4.69) is 119 Å². The molecule has 5 heterocycles. The van der Waals surface area contributed by atoms with Gasteiger partial charge in [-0.15, -0.1) is 0 Å². The highest BCUT2D eigenvalue weighted by atomic mass is 14.8. The van der Waals surface area contributed by atoms with Crippen molar-refractivity contribution in [2.75, 3.05) is 0 Å². The maximum Gasteiger partial charge on any atom is 0.0972 e. The Morgan fingerprint density at radius 2 is 0.750 bits per heavy atom. The molecule has 0 amide bonds. The Morgan fingerprint density at radius 1 is 0.250 bits per heavy atom. The first kappa shape index (κ1) is 29.8. The molecule has 0 unspecified atom stereocenters. The van der Waals surface area contributed by atoms with E-state index in [1.54, 1.807) is 12.4 Å². The highest BCUT2D eigenvalue weighted by Crippen LogP contribution is 2.34. The molecule has 0 atom stereocenters. The van der Waals surface area contributed by atoms with Gasteiger partial charge in [-0.05, 0) is 105 Å². The minimum absolute atomic E-state index is 0.813. The second kappa shape index (κ2) is 12.3. The SMILES string of the molecule is c1ccc(-c2ccc3ccc4ccc(-c5ccc6cc7cc(-c8cc(-c9ccccn9)nc(-c9ccccn9)c8)ccc7cc6c5)nc4c3n2)cc1. The molecule has 0 N–H and O–H groups in total. The van der Waals surface area contributed by atoms with Crippen molar-refractivity contribution >= 4 is 43.4 Å². The molecular weight excluding hydrogens is 635 g/mol. The van der Waals surface area contributed by atoms with Crippen LogP contribution in [0.15, 0.2) is 176 Å². The van der Waals surface area contributed by atoms with E-state index in [4.69, 9.17) is 15.0 Å². The molecule has 242 valence electrons. The third-order valence-electron chi connectivity index (χ3n) is 9.69. The molecule has 5 aromatic heterocycles. The smallest absolute Gasteiger partial charge is 0.0972 e. The average molecular weight is 664 g/mol. The molecule has 0 fully saturated rings. The van der Waals surface area contributed by atoms with Gasteiger partial charge in [0, 0.05) is 34.3 Å². The zero-order valence-electron chi connectivity index (χ0n) is 28.0. The minimum Gasteiger partial charge on any atom is -0.255 e. The van der Waals surface area contributed by atoms with E-state index >= 15 is 0 Å². The van der Waals surface area contributed by atoms with Crippen LogP contribution in [-0.2, 0) is 0 Å². The van der Waals surface area contributed by atoms with Crippen molar-refractivity contribution in [1.29, 1.82) is 0 Å². The van der Waals surface area contributed by atoms with Gasteiger partial charge in [-0.25, -0.2) is 15.0 Å². The second-order valence-corrected chi connectivity index (χ2v) is 13.0. The molecule has 10 rings (SSSR count). The van der Waals surface area contributed by atoms with Crippen LogP contribution >= 0.6 is 0 Å². The van der Waals surface area contributed by atoms with Gasteiger partial charge in [0.05, 0.1) is 45.2 Å². The van der Waals surface area contributed by atoms with Gasteiger partial charge in [-0.1, -0.05) is 91.0 Å². The van der Waals surface area contributed by atoms with E-state index in [9.17, 15) is 0 Å². The van der Waals surface area contributed by atoms with Crippen LogP contribution in [0.25, 0.3) is 99.8 Å². The highest BCUT2D eigenvalue weighted by Gasteiger charge is 2.13. The zero-order valence-corrected chi connectivity index (χ0v) is 28.0. The van der Waals surface area contributed by atoms with Crippen molar-refractivity contribution in [3.63, 3.8) is 0 Å². The molecule has 0 bridgehead atoms. The maximum absolute atomic E-state index is 5.20. The van der Waals surface area contributed by atoms with Crippen LogP contribution in [0, 0.1) is 0 Å². The fraction of sp³-hybridized carbons (Fsp3) is 0. The summed E-state index contributed by atoms with van der Waals surface area (Å²) in [6.45, 7) is 0. The van der Waals surface area contributed by atoms with Gasteiger partial charge in [0.15, 0.2) is 0 Å². The van der Waals surface area contributed by atoms with Crippen LogP contribution in [-0.4, -0.2) is 24.9 Å². The van der Waals surface area contributed by atoms with E-state index in [-0.39, 0.29) is 0 Å². The van der Waals surface area contributed by atoms with Gasteiger partial charge >= 0.3 is 0 Å². The Kier molecular flexibility index (Phi) is 7.07. The summed E-state index contributed by atoms with van der Waals surface area (Å²) in [7, 11) is 0. The molecule has 10 aromatic rings. The van der Waals surface area contributed by atoms with Crippen LogP contribution in [0.2, 0.25) is 0 Å². The second-order valence-electron chi connectivity index (χ2n) is 13.0. The summed E-state index contributed by atoms with van der Waals surface area (Å²) in [6.07, 6.45) is 3.60. The minimum atomic E-state index is 0.813. The molecule has 0 spiro atoms. The number of nitrogens with zero attached hydrogens (tertiary/aromatic N) is 5. The van der Waals surface area contributed by atoms with Gasteiger partial charge in [-0.3, -0.25) is 9.97 Å². The normalized spacial score (nSPS) is 11.5. The van der Waals surface area contributed by atoms with Crippen molar-refractivity contribution in [3.8, 4) is 56.4 Å². The monoisotopic (exact) mass is 663 g/mol. The third kappa shape index (κ3) is 5.42. The first-order valence-electron chi connectivity index (χ1n) is 17.3. The van der Waals surface area contributed by atoms with Crippen molar-refractivity contribution in [1.82, 2.24) is 24.9 Å². The van der Waals surface area contributed by atoms with Gasteiger partial charge < -0.3 is 0 Å². The van der Waals surface area contributed by atoms with Gasteiger partial charge in [0.1, 0.15) is 0 Å². The molecule has 5 heteroatoms. The fourth-order valence-electron chi connectivity index (χ4n) is 7.02. The van der Waals surface area contributed by atoms with E-state index in [0.29, 0.717) is 0 Å². The molecule has 0 saturated carbocycles. The van der Waals surface area contributed by atoms with Crippen molar-refractivity contribution in [3.05, 3.63) is 176 Å². The van der Waals surface area contributed by atoms with E-state index in [1.165, 1.54) is 21.5 Å². The lowest BCUT2D eigenvalue weighted by Gasteiger charge is -2.11. The number of pyridine rings is 5. The molecule has 0 aliphatic carbocycles. The van der Waals surface area contributed by atoms with Crippen LogP contribution in [0.1, 0.15) is 0 Å². The largest absolute Gasteiger partial charge is 0.255 e. The number of aromatic nitrogens is 5. The van der Waals surface area contributed by atoms with Gasteiger partial charge in [0.2, 0.25) is 0 Å². The number of rotatable bonds is 5. The molecule has 0 saturated heterocycles. The Hall–Kier alpha value is -7.11. The lowest BCUT2D eigenvalue weighted by atomic mass is 9.96. The van der Waals surface area contributed by atoms with E-state index in [1.807, 2.05) is 54.6 Å². The fourth-order valence-corrected chi connectivity index (χ4v) is 7.02. The first-order valence-corrected chi connectivity index (χ1v) is 17.3. The summed E-state index contributed by atoms with van der Waals surface area (Å²) < 4.78 is 0. The number of hydrogen-bond acceptors (Lipinski definition) is 5. The summed E-state index contributed by atoms with van der Waals surface area (Å²) in [4.78, 5) is 24.4. The van der Waals surface area contributed by atoms with Crippen LogP contribution in [0.3, 0.4) is 0 Å². The molecule has 0 aliphatic heterocycles. The molecule has 0 aliphatic rings. The molecule has 0 radical (unpaired) electrons. The lowest BCUT2D eigenvalue weighted by Crippen LogP contribution is -1.94. The predicted octanol–water partition coefficient (Wildman–Crippen LogP) is 11.6. The summed E-state index contributed by atoms with van der Waals surface area (Å²) in [5, 5.41) is 6.84. The van der Waals surface area contributed by atoms with Crippen molar-refractivity contribution < 1.29 is 0 Å². The summed E-state index contributed by atoms with van der Waals surface area (Å²) in [5.41, 5.74) is 11.3. The topological polar surface area (TPSA) is 64.5 Å². The molecule has 52 heavy (non-hydrogen) atoms. The Morgan fingerprint density at radius 3 is 1.33 bits per heavy atom. The van der Waals surface area contributed by atoms with E-state index in [0.717, 1.165) is 78.2 Å². The van der Waals surface area contributed by atoms with Gasteiger partial charge in [0.25, 0.3) is 0 Å². The Balaban J connectivity index is 1.04. The lowest BCUT2D eigenvalue weighted by molar-refractivity contribution is 1.22. The summed E-state index contributed by atoms with van der Waals surface area (Å²) in [6, 6.07) is 56.8.